The Labute approximate surface area is 181 Å². The van der Waals surface area contributed by atoms with E-state index in [1.807, 2.05) is 4.90 Å². The minimum absolute atomic E-state index is 0.0319. The highest BCUT2D eigenvalue weighted by Crippen LogP contribution is 2.44. The number of rotatable bonds is 4. The summed E-state index contributed by atoms with van der Waals surface area (Å²) >= 11 is 0. The van der Waals surface area contributed by atoms with E-state index in [0.29, 0.717) is 24.7 Å². The summed E-state index contributed by atoms with van der Waals surface area (Å²) in [6, 6.07) is 4.41. The summed E-state index contributed by atoms with van der Waals surface area (Å²) < 4.78 is 49.2. The molecule has 11 heteroatoms. The second-order valence-corrected chi connectivity index (χ2v) is 8.75. The second-order valence-electron chi connectivity index (χ2n) is 8.75. The van der Waals surface area contributed by atoms with Crippen molar-refractivity contribution in [3.8, 4) is 0 Å². The van der Waals surface area contributed by atoms with E-state index in [0.717, 1.165) is 22.8 Å². The molecule has 2 aromatic rings. The van der Waals surface area contributed by atoms with Crippen molar-refractivity contribution < 1.29 is 22.7 Å². The smallest absolute Gasteiger partial charge is 0.374 e. The van der Waals surface area contributed by atoms with E-state index in [1.54, 1.807) is 13.0 Å². The summed E-state index contributed by atoms with van der Waals surface area (Å²) in [5, 5.41) is 0. The molecule has 170 valence electrons. The monoisotopic (exact) mass is 449 g/mol. The Bertz CT molecular complexity index is 1150. The largest absolute Gasteiger partial charge is 0.413 e. The fourth-order valence-electron chi connectivity index (χ4n) is 4.77. The molecule has 0 saturated carbocycles. The van der Waals surface area contributed by atoms with Gasteiger partial charge in [-0.25, -0.2) is 0 Å². The zero-order chi connectivity index (χ0) is 22.8. The SMILES string of the molecule is Cc1ncccc1C(=O)CN1c2nc(N3CC4CC3CO4)cc(=O)n2CC1(C)C(F)(F)F. The van der Waals surface area contributed by atoms with Gasteiger partial charge in [0.15, 0.2) is 11.3 Å². The van der Waals surface area contributed by atoms with Crippen molar-refractivity contribution in [2.24, 2.45) is 0 Å². The Kier molecular flexibility index (Phi) is 4.59. The van der Waals surface area contributed by atoms with E-state index < -0.39 is 36.1 Å². The molecule has 3 atom stereocenters. The van der Waals surface area contributed by atoms with Crippen LogP contribution in [0.5, 0.6) is 0 Å². The zero-order valence-electron chi connectivity index (χ0n) is 17.6. The number of ether oxygens (including phenoxy) is 1. The molecule has 2 saturated heterocycles. The van der Waals surface area contributed by atoms with Crippen LogP contribution in [0, 0.1) is 6.92 Å². The number of aromatic nitrogens is 3. The fraction of sp³-hybridized carbons (Fsp3) is 0.524. The van der Waals surface area contributed by atoms with Crippen molar-refractivity contribution in [2.75, 3.05) is 29.5 Å². The third kappa shape index (κ3) is 3.09. The number of fused-ring (bicyclic) bond motifs is 3. The van der Waals surface area contributed by atoms with Crippen molar-refractivity contribution in [2.45, 2.75) is 50.7 Å². The topological polar surface area (TPSA) is 80.6 Å². The number of anilines is 2. The molecule has 0 spiro atoms. The molecule has 0 aliphatic carbocycles. The van der Waals surface area contributed by atoms with Crippen LogP contribution < -0.4 is 15.4 Å². The lowest BCUT2D eigenvalue weighted by atomic mass is 9.99. The molecule has 3 aliphatic heterocycles. The minimum Gasteiger partial charge on any atom is -0.374 e. The highest BCUT2D eigenvalue weighted by Gasteiger charge is 2.60. The Morgan fingerprint density at radius 3 is 2.78 bits per heavy atom. The first kappa shape index (κ1) is 20.9. The molecule has 0 radical (unpaired) electrons. The summed E-state index contributed by atoms with van der Waals surface area (Å²) in [6.45, 7) is 2.44. The van der Waals surface area contributed by atoms with Crippen LogP contribution in [-0.4, -0.2) is 63.9 Å². The van der Waals surface area contributed by atoms with Crippen LogP contribution in [0.25, 0.3) is 0 Å². The lowest BCUT2D eigenvalue weighted by Gasteiger charge is -2.36. The fourth-order valence-corrected chi connectivity index (χ4v) is 4.77. The Morgan fingerprint density at radius 2 is 2.16 bits per heavy atom. The third-order valence-corrected chi connectivity index (χ3v) is 6.69. The van der Waals surface area contributed by atoms with Gasteiger partial charge < -0.3 is 14.5 Å². The Balaban J connectivity index is 1.57. The third-order valence-electron chi connectivity index (χ3n) is 6.69. The van der Waals surface area contributed by atoms with Crippen molar-refractivity contribution in [3.05, 3.63) is 46.0 Å². The van der Waals surface area contributed by atoms with Gasteiger partial charge in [-0.1, -0.05) is 0 Å². The van der Waals surface area contributed by atoms with Gasteiger partial charge >= 0.3 is 6.18 Å². The number of carbonyl (C=O) groups is 1. The standard InChI is InChI=1S/C21H22F3N5O3/c1-12-15(4-3-5-25-12)16(30)9-29-19-26-17(27-8-14-6-13(27)10-32-14)7-18(31)28(19)11-20(29,2)21(22,23)24/h3-5,7,13-14H,6,8-11H2,1-2H3. The normalized spacial score (nSPS) is 26.7. The number of nitrogens with zero attached hydrogens (tertiary/aromatic N) is 5. The van der Waals surface area contributed by atoms with Crippen LogP contribution in [0.15, 0.2) is 29.2 Å². The Hall–Kier alpha value is -2.95. The zero-order valence-corrected chi connectivity index (χ0v) is 17.6. The van der Waals surface area contributed by atoms with Gasteiger partial charge in [-0.2, -0.15) is 18.2 Å². The molecule has 2 aromatic heterocycles. The molecule has 0 N–H and O–H groups in total. The number of halogens is 3. The molecule has 0 aromatic carbocycles. The van der Waals surface area contributed by atoms with Gasteiger partial charge in [0.1, 0.15) is 5.82 Å². The van der Waals surface area contributed by atoms with Crippen LogP contribution in [0.1, 0.15) is 29.4 Å². The Morgan fingerprint density at radius 1 is 1.38 bits per heavy atom. The summed E-state index contributed by atoms with van der Waals surface area (Å²) in [4.78, 5) is 37.2. The van der Waals surface area contributed by atoms with Gasteiger partial charge in [0.05, 0.1) is 31.8 Å². The molecule has 32 heavy (non-hydrogen) atoms. The molecular weight excluding hydrogens is 427 g/mol. The molecular formula is C21H22F3N5O3. The summed E-state index contributed by atoms with van der Waals surface area (Å²) in [6.07, 6.45) is -2.36. The molecule has 3 unspecified atom stereocenters. The average Bonchev–Trinajstić information content (AvgIpc) is 3.43. The maximum absolute atomic E-state index is 14.2. The van der Waals surface area contributed by atoms with Crippen molar-refractivity contribution in [1.82, 2.24) is 14.5 Å². The highest BCUT2D eigenvalue weighted by molar-refractivity contribution is 6.00. The first-order valence-corrected chi connectivity index (χ1v) is 10.4. The van der Waals surface area contributed by atoms with Crippen LogP contribution >= 0.6 is 0 Å². The van der Waals surface area contributed by atoms with Gasteiger partial charge in [-0.05, 0) is 32.4 Å². The molecule has 3 aliphatic rings. The second kappa shape index (κ2) is 7.03. The minimum atomic E-state index is -4.70. The molecule has 2 bridgehead atoms. The van der Waals surface area contributed by atoms with Gasteiger partial charge in [0.2, 0.25) is 5.95 Å². The maximum Gasteiger partial charge on any atom is 0.413 e. The number of Topliss-reactive ketones (excluding diaryl/α,β-unsaturated/α-hetero) is 1. The van der Waals surface area contributed by atoms with E-state index in [2.05, 4.69) is 9.97 Å². The lowest BCUT2D eigenvalue weighted by molar-refractivity contribution is -0.181. The van der Waals surface area contributed by atoms with Gasteiger partial charge in [0.25, 0.3) is 5.56 Å². The van der Waals surface area contributed by atoms with Gasteiger partial charge in [0, 0.05) is 30.1 Å². The number of hydrogen-bond acceptors (Lipinski definition) is 7. The first-order chi connectivity index (χ1) is 15.1. The van der Waals surface area contributed by atoms with Gasteiger partial charge in [-0.15, -0.1) is 0 Å². The molecule has 5 rings (SSSR count). The predicted octanol–water partition coefficient (Wildman–Crippen LogP) is 1.95. The number of alkyl halides is 3. The van der Waals surface area contributed by atoms with Crippen LogP contribution in [0.2, 0.25) is 0 Å². The summed E-state index contributed by atoms with van der Waals surface area (Å²) in [5.74, 6) is -0.350. The number of hydrogen-bond donors (Lipinski definition) is 0. The van der Waals surface area contributed by atoms with E-state index >= 15 is 0 Å². The number of pyridine rings is 1. The van der Waals surface area contributed by atoms with E-state index in [4.69, 9.17) is 4.74 Å². The summed E-state index contributed by atoms with van der Waals surface area (Å²) in [7, 11) is 0. The van der Waals surface area contributed by atoms with Crippen molar-refractivity contribution in [3.63, 3.8) is 0 Å². The van der Waals surface area contributed by atoms with E-state index in [9.17, 15) is 22.8 Å². The number of carbonyl (C=O) groups excluding carboxylic acids is 1. The first-order valence-electron chi connectivity index (χ1n) is 10.4. The molecule has 5 heterocycles. The molecule has 0 amide bonds. The van der Waals surface area contributed by atoms with Gasteiger partial charge in [-0.3, -0.25) is 19.1 Å². The molecule has 8 nitrogen and oxygen atoms in total. The number of ketones is 1. The number of morpholine rings is 1. The van der Waals surface area contributed by atoms with Crippen LogP contribution in [0.4, 0.5) is 24.9 Å². The van der Waals surface area contributed by atoms with Crippen LogP contribution in [0.3, 0.4) is 0 Å². The lowest BCUT2D eigenvalue weighted by Crippen LogP contribution is -2.57. The van der Waals surface area contributed by atoms with Crippen molar-refractivity contribution in [1.29, 1.82) is 0 Å². The summed E-state index contributed by atoms with van der Waals surface area (Å²) in [5.41, 5.74) is -2.36. The van der Waals surface area contributed by atoms with E-state index in [-0.39, 0.29) is 23.7 Å². The maximum atomic E-state index is 14.2. The predicted molar refractivity (Wildman–Crippen MR) is 109 cm³/mol. The highest BCUT2D eigenvalue weighted by atomic mass is 19.4. The average molecular weight is 449 g/mol. The van der Waals surface area contributed by atoms with Crippen LogP contribution in [-0.2, 0) is 11.3 Å². The molecule has 2 fully saturated rings. The van der Waals surface area contributed by atoms with E-state index in [1.165, 1.54) is 18.3 Å². The number of aryl methyl sites for hydroxylation is 1. The van der Waals surface area contributed by atoms with Crippen molar-refractivity contribution >= 4 is 17.5 Å². The quantitative estimate of drug-likeness (QED) is 0.660.